The summed E-state index contributed by atoms with van der Waals surface area (Å²) >= 11 is 5.83. The molecule has 0 saturated carbocycles. The second kappa shape index (κ2) is 6.61. The van der Waals surface area contributed by atoms with Gasteiger partial charge in [0.05, 0.1) is 21.6 Å². The number of benzene rings is 1. The molecule has 0 atom stereocenters. The van der Waals surface area contributed by atoms with Crippen molar-refractivity contribution in [3.05, 3.63) is 47.4 Å². The number of pyridine rings is 1. The molecule has 1 fully saturated rings. The third-order valence-corrected chi connectivity index (χ3v) is 6.49. The molecule has 0 spiro atoms. The van der Waals surface area contributed by atoms with Gasteiger partial charge in [-0.3, -0.25) is 9.00 Å². The number of aromatic nitrogens is 3. The van der Waals surface area contributed by atoms with Crippen molar-refractivity contribution in [3.8, 4) is 11.6 Å². The summed E-state index contributed by atoms with van der Waals surface area (Å²) in [5.74, 6) is 1.95. The van der Waals surface area contributed by atoms with Crippen LogP contribution in [0.4, 0.5) is 0 Å². The van der Waals surface area contributed by atoms with Crippen molar-refractivity contribution < 1.29 is 13.7 Å². The molecule has 1 aliphatic heterocycles. The Morgan fingerprint density at radius 2 is 2.11 bits per heavy atom. The van der Waals surface area contributed by atoms with Gasteiger partial charge in [0.15, 0.2) is 5.82 Å². The molecule has 1 aliphatic rings. The van der Waals surface area contributed by atoms with Crippen molar-refractivity contribution >= 4 is 39.3 Å². The van der Waals surface area contributed by atoms with E-state index >= 15 is 0 Å². The maximum atomic E-state index is 12.6. The summed E-state index contributed by atoms with van der Waals surface area (Å²) in [6.07, 6.45) is 1.51. The molecular formula is C18H17ClN4O3S. The van der Waals surface area contributed by atoms with E-state index in [2.05, 4.69) is 15.3 Å². The van der Waals surface area contributed by atoms with E-state index in [-0.39, 0.29) is 5.91 Å². The molecule has 27 heavy (non-hydrogen) atoms. The molecule has 0 aliphatic carbocycles. The van der Waals surface area contributed by atoms with Crippen LogP contribution in [0.1, 0.15) is 17.5 Å². The molecule has 0 bridgehead atoms. The number of nitrogens with zero attached hydrogens (tertiary/aromatic N) is 3. The Balaban J connectivity index is 1.59. The standard InChI is InChI=1S/C18H17ClN4O3S/c1-18(9-27(25)10-18)22-17(24)16-21-13-5-4-12(7-14(13)23(16)2)26-15-6-3-11(19)8-20-15/h3-8H,9-10H2,1-2H3,(H,22,24). The number of fused-ring (bicyclic) bond motifs is 1. The van der Waals surface area contributed by atoms with Gasteiger partial charge in [-0.15, -0.1) is 0 Å². The number of rotatable bonds is 4. The van der Waals surface area contributed by atoms with E-state index in [4.69, 9.17) is 16.3 Å². The summed E-state index contributed by atoms with van der Waals surface area (Å²) in [7, 11) is 0.922. The number of halogens is 1. The minimum Gasteiger partial charge on any atom is -0.439 e. The third-order valence-electron chi connectivity index (χ3n) is 4.35. The van der Waals surface area contributed by atoms with Crippen molar-refractivity contribution in [1.29, 1.82) is 0 Å². The fourth-order valence-corrected chi connectivity index (χ4v) is 4.64. The quantitative estimate of drug-likeness (QED) is 0.722. The molecule has 2 aromatic heterocycles. The Morgan fingerprint density at radius 3 is 2.78 bits per heavy atom. The largest absolute Gasteiger partial charge is 0.439 e. The molecule has 3 heterocycles. The molecule has 9 heteroatoms. The van der Waals surface area contributed by atoms with E-state index in [0.29, 0.717) is 39.5 Å². The molecule has 7 nitrogen and oxygen atoms in total. The number of carbonyl (C=O) groups excluding carboxylic acids is 1. The molecular weight excluding hydrogens is 388 g/mol. The van der Waals surface area contributed by atoms with E-state index in [1.54, 1.807) is 41.9 Å². The minimum absolute atomic E-state index is 0.283. The van der Waals surface area contributed by atoms with Crippen LogP contribution in [0.2, 0.25) is 5.02 Å². The highest BCUT2D eigenvalue weighted by Gasteiger charge is 2.40. The van der Waals surface area contributed by atoms with Gasteiger partial charge in [0.2, 0.25) is 5.88 Å². The van der Waals surface area contributed by atoms with Gasteiger partial charge in [0.1, 0.15) is 5.75 Å². The van der Waals surface area contributed by atoms with Crippen molar-refractivity contribution in [2.24, 2.45) is 7.05 Å². The number of amides is 1. The van der Waals surface area contributed by atoms with E-state index in [0.717, 1.165) is 5.52 Å². The third kappa shape index (κ3) is 3.54. The van der Waals surface area contributed by atoms with Crippen molar-refractivity contribution in [2.45, 2.75) is 12.5 Å². The molecule has 1 amide bonds. The highest BCUT2D eigenvalue weighted by atomic mass is 35.5. The lowest BCUT2D eigenvalue weighted by molar-refractivity contribution is 0.0904. The topological polar surface area (TPSA) is 86.1 Å². The van der Waals surface area contributed by atoms with Gasteiger partial charge in [0.25, 0.3) is 5.91 Å². The maximum absolute atomic E-state index is 12.6. The van der Waals surface area contributed by atoms with Gasteiger partial charge >= 0.3 is 0 Å². The fourth-order valence-electron chi connectivity index (χ4n) is 3.05. The summed E-state index contributed by atoms with van der Waals surface area (Å²) in [4.78, 5) is 21.1. The predicted molar refractivity (Wildman–Crippen MR) is 104 cm³/mol. The van der Waals surface area contributed by atoms with Gasteiger partial charge in [-0.1, -0.05) is 11.6 Å². The highest BCUT2D eigenvalue weighted by Crippen LogP contribution is 2.26. The van der Waals surface area contributed by atoms with Gasteiger partial charge in [0, 0.05) is 47.7 Å². The Labute approximate surface area is 163 Å². The summed E-state index contributed by atoms with van der Waals surface area (Å²) < 4.78 is 18.8. The average Bonchev–Trinajstić information content (AvgIpc) is 2.92. The molecule has 1 aromatic carbocycles. The first kappa shape index (κ1) is 17.9. The van der Waals surface area contributed by atoms with Gasteiger partial charge in [-0.25, -0.2) is 9.97 Å². The van der Waals surface area contributed by atoms with Crippen LogP contribution in [-0.2, 0) is 17.8 Å². The highest BCUT2D eigenvalue weighted by molar-refractivity contribution is 7.86. The number of carbonyl (C=O) groups is 1. The van der Waals surface area contributed by atoms with E-state index in [1.165, 1.54) is 6.20 Å². The zero-order valence-corrected chi connectivity index (χ0v) is 16.3. The normalized spacial score (nSPS) is 21.7. The van der Waals surface area contributed by atoms with E-state index in [1.807, 2.05) is 6.92 Å². The molecule has 0 unspecified atom stereocenters. The van der Waals surface area contributed by atoms with E-state index < -0.39 is 16.3 Å². The second-order valence-electron chi connectivity index (χ2n) is 6.80. The monoisotopic (exact) mass is 404 g/mol. The second-order valence-corrected chi connectivity index (χ2v) is 8.70. The maximum Gasteiger partial charge on any atom is 0.287 e. The average molecular weight is 405 g/mol. The number of nitrogens with one attached hydrogen (secondary N) is 1. The first-order valence-electron chi connectivity index (χ1n) is 8.26. The lowest BCUT2D eigenvalue weighted by atomic mass is 10.1. The van der Waals surface area contributed by atoms with Crippen LogP contribution in [0.15, 0.2) is 36.5 Å². The molecule has 0 radical (unpaired) electrons. The Kier molecular flexibility index (Phi) is 4.39. The number of hydrogen-bond acceptors (Lipinski definition) is 5. The summed E-state index contributed by atoms with van der Waals surface area (Å²) in [6.45, 7) is 1.89. The lowest BCUT2D eigenvalue weighted by Gasteiger charge is -2.37. The number of aryl methyl sites for hydroxylation is 1. The Bertz CT molecular complexity index is 1060. The number of imidazole rings is 1. The Morgan fingerprint density at radius 1 is 1.33 bits per heavy atom. The van der Waals surface area contributed by atoms with Crippen LogP contribution in [0.25, 0.3) is 11.0 Å². The SMILES string of the molecule is Cn1c(C(=O)NC2(C)CS(=O)C2)nc2ccc(Oc3ccc(Cl)cn3)cc21. The van der Waals surface area contributed by atoms with Crippen LogP contribution in [0, 0.1) is 0 Å². The summed E-state index contributed by atoms with van der Waals surface area (Å²) in [5.41, 5.74) is 1.00. The van der Waals surface area contributed by atoms with Crippen LogP contribution in [0.5, 0.6) is 11.6 Å². The zero-order chi connectivity index (χ0) is 19.2. The summed E-state index contributed by atoms with van der Waals surface area (Å²) in [5, 5.41) is 3.46. The van der Waals surface area contributed by atoms with Crippen LogP contribution < -0.4 is 10.1 Å². The van der Waals surface area contributed by atoms with Crippen LogP contribution in [0.3, 0.4) is 0 Å². The predicted octanol–water partition coefficient (Wildman–Crippen LogP) is 2.66. The number of ether oxygens (including phenoxy) is 1. The van der Waals surface area contributed by atoms with Gasteiger partial charge < -0.3 is 14.6 Å². The Hall–Kier alpha value is -2.45. The van der Waals surface area contributed by atoms with Gasteiger partial charge in [-0.05, 0) is 25.1 Å². The molecule has 4 rings (SSSR count). The first-order chi connectivity index (χ1) is 12.8. The van der Waals surface area contributed by atoms with Gasteiger partial charge in [-0.2, -0.15) is 0 Å². The molecule has 140 valence electrons. The summed E-state index contributed by atoms with van der Waals surface area (Å²) in [6, 6.07) is 8.73. The number of hydrogen-bond donors (Lipinski definition) is 1. The zero-order valence-electron chi connectivity index (χ0n) is 14.7. The molecule has 1 N–H and O–H groups in total. The molecule has 3 aromatic rings. The van der Waals surface area contributed by atoms with Crippen molar-refractivity contribution in [3.63, 3.8) is 0 Å². The fraction of sp³-hybridized carbons (Fsp3) is 0.278. The van der Waals surface area contributed by atoms with Crippen LogP contribution in [-0.4, -0.2) is 41.7 Å². The first-order valence-corrected chi connectivity index (χ1v) is 10.1. The lowest BCUT2D eigenvalue weighted by Crippen LogP contribution is -2.61. The van der Waals surface area contributed by atoms with Crippen molar-refractivity contribution in [2.75, 3.05) is 11.5 Å². The smallest absolute Gasteiger partial charge is 0.287 e. The van der Waals surface area contributed by atoms with Crippen LogP contribution >= 0.6 is 11.6 Å². The molecule has 1 saturated heterocycles. The van der Waals surface area contributed by atoms with Crippen molar-refractivity contribution in [1.82, 2.24) is 19.9 Å². The minimum atomic E-state index is -0.851. The van der Waals surface area contributed by atoms with E-state index in [9.17, 15) is 9.00 Å².